The summed E-state index contributed by atoms with van der Waals surface area (Å²) in [7, 11) is 1.92. The number of hydrogen-bond acceptors (Lipinski definition) is 4. The predicted octanol–water partition coefficient (Wildman–Crippen LogP) is 9.21. The molecule has 0 bridgehead atoms. The number of anilines is 1. The summed E-state index contributed by atoms with van der Waals surface area (Å²) in [5.74, 6) is 0.345. The van der Waals surface area contributed by atoms with E-state index in [1.165, 1.54) is 17.7 Å². The lowest BCUT2D eigenvalue weighted by Gasteiger charge is -2.24. The molecular weight excluding hydrogens is 525 g/mol. The van der Waals surface area contributed by atoms with Crippen LogP contribution in [0.3, 0.4) is 0 Å². The van der Waals surface area contributed by atoms with E-state index in [0.717, 1.165) is 54.3 Å². The van der Waals surface area contributed by atoms with E-state index in [-0.39, 0.29) is 5.75 Å². The zero-order valence-electron chi connectivity index (χ0n) is 25.2. The Kier molecular flexibility index (Phi) is 13.9. The molecule has 41 heavy (non-hydrogen) atoms. The molecule has 0 saturated heterocycles. The van der Waals surface area contributed by atoms with Gasteiger partial charge in [-0.15, -0.1) is 13.2 Å². The van der Waals surface area contributed by atoms with E-state index in [0.29, 0.717) is 30.6 Å². The molecule has 0 saturated carbocycles. The van der Waals surface area contributed by atoms with Crippen molar-refractivity contribution in [1.82, 2.24) is 4.90 Å². The molecule has 0 aromatic heterocycles. The van der Waals surface area contributed by atoms with Crippen LogP contribution in [0.2, 0.25) is 0 Å². The molecule has 0 heterocycles. The summed E-state index contributed by atoms with van der Waals surface area (Å²) in [5.41, 5.74) is 5.79. The molecule has 0 aliphatic rings. The SMILES string of the molecule is CCCC(CC(C)C)Nc1cc(C)c(C=O)c(CN(C)Cc2ccc(OC(F)(F)F)cc2)c1.CCc1ccccc1. The molecule has 0 aliphatic heterocycles. The molecule has 0 radical (unpaired) electrons. The summed E-state index contributed by atoms with van der Waals surface area (Å²) in [6.45, 7) is 11.8. The molecule has 1 unspecified atom stereocenters. The second-order valence-electron chi connectivity index (χ2n) is 10.9. The maximum atomic E-state index is 12.4. The minimum Gasteiger partial charge on any atom is -0.406 e. The number of carbonyl (C=O) groups is 1. The maximum absolute atomic E-state index is 12.4. The van der Waals surface area contributed by atoms with Crippen molar-refractivity contribution in [3.63, 3.8) is 0 Å². The van der Waals surface area contributed by atoms with Crippen molar-refractivity contribution in [3.8, 4) is 5.75 Å². The molecule has 1 N–H and O–H groups in total. The number of aldehydes is 1. The number of benzene rings is 3. The highest BCUT2D eigenvalue weighted by Gasteiger charge is 2.31. The van der Waals surface area contributed by atoms with E-state index in [2.05, 4.69) is 62.0 Å². The summed E-state index contributed by atoms with van der Waals surface area (Å²) in [4.78, 5) is 13.8. The van der Waals surface area contributed by atoms with E-state index in [4.69, 9.17) is 0 Å². The first-order valence-corrected chi connectivity index (χ1v) is 14.4. The number of alkyl halides is 3. The Labute approximate surface area is 243 Å². The quantitative estimate of drug-likeness (QED) is 0.208. The van der Waals surface area contributed by atoms with Gasteiger partial charge in [0.25, 0.3) is 0 Å². The molecule has 3 aromatic rings. The first-order chi connectivity index (χ1) is 19.4. The van der Waals surface area contributed by atoms with Crippen LogP contribution in [0.5, 0.6) is 5.75 Å². The van der Waals surface area contributed by atoms with E-state index >= 15 is 0 Å². The third-order valence-electron chi connectivity index (χ3n) is 6.65. The molecule has 224 valence electrons. The van der Waals surface area contributed by atoms with Crippen LogP contribution in [0, 0.1) is 12.8 Å². The smallest absolute Gasteiger partial charge is 0.406 e. The van der Waals surface area contributed by atoms with Crippen molar-refractivity contribution in [2.75, 3.05) is 12.4 Å². The maximum Gasteiger partial charge on any atom is 0.573 e. The van der Waals surface area contributed by atoms with E-state index in [9.17, 15) is 18.0 Å². The van der Waals surface area contributed by atoms with Crippen molar-refractivity contribution < 1.29 is 22.7 Å². The third-order valence-corrected chi connectivity index (χ3v) is 6.65. The molecule has 3 rings (SSSR count). The highest BCUT2D eigenvalue weighted by molar-refractivity contribution is 5.81. The first kappa shape index (κ1) is 33.9. The fourth-order valence-corrected chi connectivity index (χ4v) is 4.82. The van der Waals surface area contributed by atoms with Crippen molar-refractivity contribution in [3.05, 3.63) is 94.5 Å². The van der Waals surface area contributed by atoms with Crippen molar-refractivity contribution in [1.29, 1.82) is 0 Å². The second-order valence-corrected chi connectivity index (χ2v) is 10.9. The lowest BCUT2D eigenvalue weighted by Crippen LogP contribution is -2.22. The van der Waals surface area contributed by atoms with Crippen molar-refractivity contribution >= 4 is 12.0 Å². The number of halogens is 3. The lowest BCUT2D eigenvalue weighted by atomic mass is 9.97. The van der Waals surface area contributed by atoms with Gasteiger partial charge < -0.3 is 10.1 Å². The number of nitrogens with one attached hydrogen (secondary N) is 1. The van der Waals surface area contributed by atoms with Crippen LogP contribution in [-0.4, -0.2) is 30.6 Å². The third kappa shape index (κ3) is 12.8. The molecule has 0 spiro atoms. The standard InChI is InChI=1S/C26H35F3N2O2.C8H10/c1-6-7-22(12-18(2)3)30-23-13-19(4)25(17-32)21(14-23)16-31(5)15-20-8-10-24(11-9-20)33-26(27,28)29;1-2-8-6-4-3-5-7-8/h8-11,13-14,17-18,22,30H,6-7,12,15-16H2,1-5H3;3-7H,2H2,1H3. The van der Waals surface area contributed by atoms with Crippen LogP contribution in [0.4, 0.5) is 18.9 Å². The zero-order valence-corrected chi connectivity index (χ0v) is 25.2. The summed E-state index contributed by atoms with van der Waals surface area (Å²) in [6, 6.07) is 20.7. The molecule has 1 atom stereocenters. The van der Waals surface area contributed by atoms with Crippen LogP contribution < -0.4 is 10.1 Å². The van der Waals surface area contributed by atoms with Crippen LogP contribution in [0.15, 0.2) is 66.7 Å². The second kappa shape index (κ2) is 16.8. The van der Waals surface area contributed by atoms with Crippen LogP contribution in [0.1, 0.15) is 79.6 Å². The summed E-state index contributed by atoms with van der Waals surface area (Å²) in [6.07, 6.45) is 0.579. The number of nitrogens with zero attached hydrogens (tertiary/aromatic N) is 1. The van der Waals surface area contributed by atoms with E-state index in [1.54, 1.807) is 12.1 Å². The van der Waals surface area contributed by atoms with Gasteiger partial charge in [0.15, 0.2) is 6.29 Å². The van der Waals surface area contributed by atoms with Gasteiger partial charge in [0.05, 0.1) is 0 Å². The van der Waals surface area contributed by atoms with Gasteiger partial charge in [-0.25, -0.2) is 0 Å². The highest BCUT2D eigenvalue weighted by Crippen LogP contribution is 2.25. The van der Waals surface area contributed by atoms with Gasteiger partial charge in [0.1, 0.15) is 5.75 Å². The monoisotopic (exact) mass is 570 g/mol. The number of ether oxygens (including phenoxy) is 1. The number of carbonyl (C=O) groups excluding carboxylic acids is 1. The largest absolute Gasteiger partial charge is 0.573 e. The van der Waals surface area contributed by atoms with E-state index in [1.807, 2.05) is 37.1 Å². The molecule has 4 nitrogen and oxygen atoms in total. The van der Waals surface area contributed by atoms with Gasteiger partial charge in [-0.1, -0.05) is 76.6 Å². The number of aryl methyl sites for hydroxylation is 2. The molecule has 0 aliphatic carbocycles. The Hall–Kier alpha value is -3.32. The fourth-order valence-electron chi connectivity index (χ4n) is 4.82. The number of rotatable bonds is 13. The van der Waals surface area contributed by atoms with Gasteiger partial charge in [-0.3, -0.25) is 9.69 Å². The minimum atomic E-state index is -4.70. The normalized spacial score (nSPS) is 12.1. The molecule has 0 fully saturated rings. The van der Waals surface area contributed by atoms with Gasteiger partial charge >= 0.3 is 6.36 Å². The first-order valence-electron chi connectivity index (χ1n) is 14.4. The van der Waals surface area contributed by atoms with E-state index < -0.39 is 6.36 Å². The average molecular weight is 571 g/mol. The summed E-state index contributed by atoms with van der Waals surface area (Å²) in [5, 5.41) is 3.65. The molecular formula is C34H45F3N2O2. The number of hydrogen-bond donors (Lipinski definition) is 1. The summed E-state index contributed by atoms with van der Waals surface area (Å²) >= 11 is 0. The highest BCUT2D eigenvalue weighted by atomic mass is 19.4. The van der Waals surface area contributed by atoms with Gasteiger partial charge in [-0.2, -0.15) is 0 Å². The zero-order chi connectivity index (χ0) is 30.4. The fraction of sp³-hybridized carbons (Fsp3) is 0.441. The Morgan fingerprint density at radius 2 is 1.61 bits per heavy atom. The van der Waals surface area contributed by atoms with Gasteiger partial charge in [0.2, 0.25) is 0 Å². The Morgan fingerprint density at radius 3 is 2.12 bits per heavy atom. The van der Waals surface area contributed by atoms with Gasteiger partial charge in [0, 0.05) is 30.4 Å². The van der Waals surface area contributed by atoms with Crippen LogP contribution in [-0.2, 0) is 19.5 Å². The van der Waals surface area contributed by atoms with Crippen molar-refractivity contribution in [2.45, 2.75) is 85.8 Å². The molecule has 0 amide bonds. The Balaban J connectivity index is 0.000000629. The molecule has 3 aromatic carbocycles. The Bertz CT molecular complexity index is 1180. The van der Waals surface area contributed by atoms with Crippen molar-refractivity contribution in [2.24, 2.45) is 5.92 Å². The van der Waals surface area contributed by atoms with Crippen LogP contribution in [0.25, 0.3) is 0 Å². The molecule has 7 heteroatoms. The average Bonchev–Trinajstić information content (AvgIpc) is 2.89. The predicted molar refractivity (Wildman–Crippen MR) is 162 cm³/mol. The van der Waals surface area contributed by atoms with Gasteiger partial charge in [-0.05, 0) is 85.7 Å². The lowest BCUT2D eigenvalue weighted by molar-refractivity contribution is -0.274. The topological polar surface area (TPSA) is 41.6 Å². The minimum absolute atomic E-state index is 0.241. The summed E-state index contributed by atoms with van der Waals surface area (Å²) < 4.78 is 41.0. The van der Waals surface area contributed by atoms with Crippen LogP contribution >= 0.6 is 0 Å². The Morgan fingerprint density at radius 1 is 0.951 bits per heavy atom.